The highest BCUT2D eigenvalue weighted by atomic mass is 19.1. The number of aromatic nitrogens is 3. The lowest BCUT2D eigenvalue weighted by atomic mass is 9.91. The second-order valence-electron chi connectivity index (χ2n) is 13.2. The molecular formula is C39H38FN5O5. The van der Waals surface area contributed by atoms with Gasteiger partial charge in [0.2, 0.25) is 0 Å². The fourth-order valence-corrected chi connectivity index (χ4v) is 7.45. The summed E-state index contributed by atoms with van der Waals surface area (Å²) in [7, 11) is 0. The van der Waals surface area contributed by atoms with Crippen LogP contribution in [0.3, 0.4) is 0 Å². The minimum atomic E-state index is -0.643. The summed E-state index contributed by atoms with van der Waals surface area (Å²) in [6.07, 6.45) is 3.78. The fourth-order valence-electron chi connectivity index (χ4n) is 7.45. The number of hydrogen-bond acceptors (Lipinski definition) is 8. The number of pyridine rings is 1. The molecule has 0 radical (unpaired) electrons. The molecule has 2 aliphatic rings. The van der Waals surface area contributed by atoms with E-state index in [1.54, 1.807) is 18.2 Å². The first kappa shape index (κ1) is 32.1. The largest absolute Gasteiger partial charge is 0.508 e. The number of nitrogens with zero attached hydrogens (tertiary/aromatic N) is 4. The monoisotopic (exact) mass is 675 g/mol. The van der Waals surface area contributed by atoms with Crippen molar-refractivity contribution >= 4 is 22.0 Å². The predicted molar refractivity (Wildman–Crippen MR) is 189 cm³/mol. The number of furan rings is 1. The standard InChI is InChI=1S/C39H38FN5O5/c40-28-21-35-37(42-22-28)44(31-6-3-5-25(18-31)34-13-12-32(46)19-27(34)24-43-14-16-49-17-15-43)39(48)45(38(35)47)30-10-8-29(9-11-30)41-23-33-20-26-4-1-2-7-36(26)50-33/h1-7,12-13,18-22,29-30,41,46H,8-11,14-17,23-24H2. The molecule has 0 bridgehead atoms. The van der Waals surface area contributed by atoms with Gasteiger partial charge in [0.1, 0.15) is 22.9 Å². The molecule has 1 saturated heterocycles. The zero-order valence-corrected chi connectivity index (χ0v) is 27.6. The van der Waals surface area contributed by atoms with E-state index in [0.29, 0.717) is 44.8 Å². The van der Waals surface area contributed by atoms with Gasteiger partial charge in [-0.1, -0.05) is 36.4 Å². The van der Waals surface area contributed by atoms with E-state index in [1.165, 1.54) is 15.2 Å². The van der Waals surface area contributed by atoms with E-state index in [0.717, 1.165) is 65.5 Å². The molecule has 4 heterocycles. The van der Waals surface area contributed by atoms with Gasteiger partial charge in [0.25, 0.3) is 5.56 Å². The third-order valence-electron chi connectivity index (χ3n) is 10.00. The van der Waals surface area contributed by atoms with Crippen LogP contribution in [0.2, 0.25) is 0 Å². The van der Waals surface area contributed by atoms with Crippen molar-refractivity contribution in [1.29, 1.82) is 0 Å². The third kappa shape index (κ3) is 6.35. The van der Waals surface area contributed by atoms with Gasteiger partial charge >= 0.3 is 5.69 Å². The van der Waals surface area contributed by atoms with E-state index in [4.69, 9.17) is 9.15 Å². The normalized spacial score (nSPS) is 18.6. The van der Waals surface area contributed by atoms with Crippen LogP contribution in [0.4, 0.5) is 4.39 Å². The van der Waals surface area contributed by atoms with Crippen molar-refractivity contribution in [2.75, 3.05) is 26.3 Å². The number of halogens is 1. The maximum absolute atomic E-state index is 14.6. The number of morpholine rings is 1. The highest BCUT2D eigenvalue weighted by Gasteiger charge is 2.27. The third-order valence-corrected chi connectivity index (χ3v) is 10.00. The number of phenols is 1. The van der Waals surface area contributed by atoms with E-state index in [9.17, 15) is 19.1 Å². The number of ether oxygens (including phenoxy) is 1. The summed E-state index contributed by atoms with van der Waals surface area (Å²) in [5.41, 5.74) is 3.12. The molecule has 1 saturated carbocycles. The Morgan fingerprint density at radius 2 is 1.74 bits per heavy atom. The Morgan fingerprint density at radius 1 is 0.920 bits per heavy atom. The van der Waals surface area contributed by atoms with E-state index in [1.807, 2.05) is 54.6 Å². The summed E-state index contributed by atoms with van der Waals surface area (Å²) in [5, 5.41) is 15.1. The maximum atomic E-state index is 14.6. The van der Waals surface area contributed by atoms with E-state index in [-0.39, 0.29) is 28.9 Å². The predicted octanol–water partition coefficient (Wildman–Crippen LogP) is 5.91. The van der Waals surface area contributed by atoms with E-state index < -0.39 is 17.1 Å². The van der Waals surface area contributed by atoms with Crippen molar-refractivity contribution in [3.8, 4) is 22.6 Å². The van der Waals surface area contributed by atoms with Gasteiger partial charge in [-0.05, 0) is 84.8 Å². The van der Waals surface area contributed by atoms with Gasteiger partial charge in [-0.2, -0.15) is 0 Å². The van der Waals surface area contributed by atoms with Gasteiger partial charge in [-0.15, -0.1) is 0 Å². The Bertz CT molecular complexity index is 2270. The molecule has 3 aromatic heterocycles. The second kappa shape index (κ2) is 13.7. The van der Waals surface area contributed by atoms with Gasteiger partial charge in [-0.3, -0.25) is 14.3 Å². The molecule has 1 aliphatic carbocycles. The lowest BCUT2D eigenvalue weighted by Crippen LogP contribution is -2.44. The molecule has 10 nitrogen and oxygen atoms in total. The number of rotatable bonds is 8. The van der Waals surface area contributed by atoms with E-state index in [2.05, 4.69) is 15.2 Å². The van der Waals surface area contributed by atoms with Crippen LogP contribution in [0.1, 0.15) is 43.0 Å². The highest BCUT2D eigenvalue weighted by Crippen LogP contribution is 2.31. The molecule has 1 aliphatic heterocycles. The van der Waals surface area contributed by atoms with Crippen molar-refractivity contribution in [2.24, 2.45) is 0 Å². The van der Waals surface area contributed by atoms with Gasteiger partial charge < -0.3 is 19.6 Å². The molecule has 6 aromatic rings. The molecule has 256 valence electrons. The first-order chi connectivity index (χ1) is 24.4. The summed E-state index contributed by atoms with van der Waals surface area (Å²) in [6.45, 7) is 4.11. The Balaban J connectivity index is 1.10. The summed E-state index contributed by atoms with van der Waals surface area (Å²) < 4.78 is 28.8. The van der Waals surface area contributed by atoms with E-state index >= 15 is 0 Å². The lowest BCUT2D eigenvalue weighted by Gasteiger charge is -2.30. The Labute approximate surface area is 287 Å². The number of para-hydroxylation sites is 1. The molecule has 0 unspecified atom stereocenters. The van der Waals surface area contributed by atoms with Gasteiger partial charge in [0.05, 0.1) is 37.0 Å². The first-order valence-electron chi connectivity index (χ1n) is 17.2. The SMILES string of the molecule is O=c1c2cc(F)cnc2n(-c2cccc(-c3ccc(O)cc3CN3CCOCC3)c2)c(=O)n1C1CCC(NCc2cc3ccccc3o2)CC1. The molecular weight excluding hydrogens is 637 g/mol. The molecule has 50 heavy (non-hydrogen) atoms. The molecule has 0 amide bonds. The quantitative estimate of drug-likeness (QED) is 0.205. The van der Waals surface area contributed by atoms with Crippen LogP contribution in [-0.2, 0) is 17.8 Å². The van der Waals surface area contributed by atoms with Crippen molar-refractivity contribution < 1.29 is 18.7 Å². The van der Waals surface area contributed by atoms with Crippen molar-refractivity contribution in [3.63, 3.8) is 0 Å². The number of aromatic hydroxyl groups is 1. The van der Waals surface area contributed by atoms with Crippen LogP contribution in [0, 0.1) is 5.82 Å². The smallest absolute Gasteiger partial charge is 0.337 e. The number of nitrogens with one attached hydrogen (secondary N) is 1. The van der Waals surface area contributed by atoms with Crippen LogP contribution >= 0.6 is 0 Å². The first-order valence-corrected chi connectivity index (χ1v) is 17.2. The van der Waals surface area contributed by atoms with Crippen LogP contribution < -0.4 is 16.6 Å². The molecule has 11 heteroatoms. The summed E-state index contributed by atoms with van der Waals surface area (Å²) >= 11 is 0. The molecule has 3 aromatic carbocycles. The van der Waals surface area contributed by atoms with Crippen molar-refractivity contribution in [2.45, 2.75) is 50.9 Å². The number of fused-ring (bicyclic) bond motifs is 2. The fraction of sp³-hybridized carbons (Fsp3) is 0.308. The number of benzene rings is 3. The van der Waals surface area contributed by atoms with Crippen LogP contribution in [0.15, 0.2) is 99.1 Å². The molecule has 2 fully saturated rings. The summed E-state index contributed by atoms with van der Waals surface area (Å²) in [4.78, 5) is 34.8. The van der Waals surface area contributed by atoms with Crippen LogP contribution in [0.25, 0.3) is 38.8 Å². The molecule has 0 spiro atoms. The minimum absolute atomic E-state index is 0.0535. The number of hydrogen-bond donors (Lipinski definition) is 2. The summed E-state index contributed by atoms with van der Waals surface area (Å²) in [6, 6.07) is 23.8. The summed E-state index contributed by atoms with van der Waals surface area (Å²) in [5.74, 6) is 0.391. The zero-order chi connectivity index (χ0) is 34.2. The molecule has 0 atom stereocenters. The average Bonchev–Trinajstić information content (AvgIpc) is 3.56. The maximum Gasteiger partial charge on any atom is 0.337 e. The Morgan fingerprint density at radius 3 is 2.56 bits per heavy atom. The van der Waals surface area contributed by atoms with Crippen LogP contribution in [0.5, 0.6) is 5.75 Å². The van der Waals surface area contributed by atoms with Gasteiger partial charge in [0.15, 0.2) is 5.65 Å². The van der Waals surface area contributed by atoms with Gasteiger partial charge in [-0.25, -0.2) is 18.7 Å². The lowest BCUT2D eigenvalue weighted by molar-refractivity contribution is 0.0342. The average molecular weight is 676 g/mol. The highest BCUT2D eigenvalue weighted by molar-refractivity contribution is 5.78. The zero-order valence-electron chi connectivity index (χ0n) is 27.6. The Hall–Kier alpha value is -5.10. The molecule has 8 rings (SSSR count). The minimum Gasteiger partial charge on any atom is -0.508 e. The van der Waals surface area contributed by atoms with Gasteiger partial charge in [0, 0.05) is 37.1 Å². The second-order valence-corrected chi connectivity index (χ2v) is 13.2. The Kier molecular flexibility index (Phi) is 8.78. The topological polar surface area (TPSA) is 115 Å². The number of phenolic OH excluding ortho intramolecular Hbond substituents is 1. The molecule has 2 N–H and O–H groups in total. The van der Waals surface area contributed by atoms with Crippen LogP contribution in [-0.4, -0.2) is 56.5 Å². The van der Waals surface area contributed by atoms with Crippen molar-refractivity contribution in [1.82, 2.24) is 24.3 Å². The van der Waals surface area contributed by atoms with Crippen molar-refractivity contribution in [3.05, 3.63) is 123 Å².